The minimum Gasteiger partial charge on any atom is -0.383 e. The van der Waals surface area contributed by atoms with Crippen molar-refractivity contribution in [3.63, 3.8) is 0 Å². The second-order valence-corrected chi connectivity index (χ2v) is 7.72. The van der Waals surface area contributed by atoms with Crippen LogP contribution in [0.25, 0.3) is 0 Å². The maximum atomic E-state index is 11.1. The Morgan fingerprint density at radius 3 is 2.44 bits per heavy atom. The molecule has 0 aliphatic carbocycles. The molecule has 0 saturated carbocycles. The van der Waals surface area contributed by atoms with E-state index >= 15 is 0 Å². The van der Waals surface area contributed by atoms with E-state index in [1.165, 1.54) is 6.26 Å². The summed E-state index contributed by atoms with van der Waals surface area (Å²) in [5.41, 5.74) is 0. The summed E-state index contributed by atoms with van der Waals surface area (Å²) in [6, 6.07) is 0. The zero-order chi connectivity index (χ0) is 14.0. The number of hydrogen-bond acceptors (Lipinski definition) is 4. The van der Waals surface area contributed by atoms with Gasteiger partial charge in [-0.05, 0) is 37.6 Å². The lowest BCUT2D eigenvalue weighted by Crippen LogP contribution is -2.27. The van der Waals surface area contributed by atoms with E-state index in [1.54, 1.807) is 7.11 Å². The van der Waals surface area contributed by atoms with Crippen LogP contribution >= 0.6 is 0 Å². The van der Waals surface area contributed by atoms with Gasteiger partial charge >= 0.3 is 0 Å². The van der Waals surface area contributed by atoms with Gasteiger partial charge in [0.1, 0.15) is 9.84 Å². The van der Waals surface area contributed by atoms with Crippen molar-refractivity contribution in [1.29, 1.82) is 0 Å². The first-order valence-electron chi connectivity index (χ1n) is 6.72. The van der Waals surface area contributed by atoms with Crippen molar-refractivity contribution >= 4 is 9.84 Å². The monoisotopic (exact) mass is 279 g/mol. The Hall–Kier alpha value is -0.130. The molecule has 0 bridgehead atoms. The van der Waals surface area contributed by atoms with Gasteiger partial charge < -0.3 is 10.1 Å². The van der Waals surface area contributed by atoms with Gasteiger partial charge in [-0.3, -0.25) is 0 Å². The van der Waals surface area contributed by atoms with Crippen LogP contribution in [-0.4, -0.2) is 47.2 Å². The van der Waals surface area contributed by atoms with Crippen LogP contribution in [0, 0.1) is 11.8 Å². The van der Waals surface area contributed by atoms with Gasteiger partial charge in [-0.15, -0.1) is 0 Å². The molecule has 0 aromatic rings. The Morgan fingerprint density at radius 2 is 1.94 bits per heavy atom. The molecule has 0 fully saturated rings. The highest BCUT2D eigenvalue weighted by atomic mass is 32.2. The van der Waals surface area contributed by atoms with Gasteiger partial charge in [0.2, 0.25) is 0 Å². The Kier molecular flexibility index (Phi) is 9.68. The van der Waals surface area contributed by atoms with Crippen LogP contribution in [0.15, 0.2) is 0 Å². The molecule has 110 valence electrons. The van der Waals surface area contributed by atoms with Crippen molar-refractivity contribution in [2.75, 3.05) is 38.8 Å². The maximum absolute atomic E-state index is 11.1. The fraction of sp³-hybridized carbons (Fsp3) is 1.00. The molecule has 0 radical (unpaired) electrons. The van der Waals surface area contributed by atoms with Crippen molar-refractivity contribution in [1.82, 2.24) is 5.32 Å². The highest BCUT2D eigenvalue weighted by Crippen LogP contribution is 2.16. The summed E-state index contributed by atoms with van der Waals surface area (Å²) in [6.07, 6.45) is 4.19. The summed E-state index contributed by atoms with van der Waals surface area (Å²) in [5.74, 6) is 1.51. The molecular formula is C13H29NO3S. The SMILES string of the molecule is COCCNCC(CCCS(C)(=O)=O)CC(C)C. The lowest BCUT2D eigenvalue weighted by molar-refractivity contribution is 0.196. The third-order valence-electron chi connectivity index (χ3n) is 2.85. The van der Waals surface area contributed by atoms with E-state index in [9.17, 15) is 8.42 Å². The standard InChI is InChI=1S/C13H29NO3S/c1-12(2)10-13(11-14-7-8-17-3)6-5-9-18(4,15)16/h12-14H,5-11H2,1-4H3. The van der Waals surface area contributed by atoms with Crippen LogP contribution in [0.5, 0.6) is 0 Å². The van der Waals surface area contributed by atoms with Gasteiger partial charge in [0.15, 0.2) is 0 Å². The first-order valence-corrected chi connectivity index (χ1v) is 8.78. The van der Waals surface area contributed by atoms with Crippen LogP contribution in [0.3, 0.4) is 0 Å². The molecule has 0 spiro atoms. The third kappa shape index (κ3) is 12.3. The van der Waals surface area contributed by atoms with E-state index in [2.05, 4.69) is 19.2 Å². The Morgan fingerprint density at radius 1 is 1.28 bits per heavy atom. The van der Waals surface area contributed by atoms with E-state index in [0.717, 1.165) is 39.0 Å². The second kappa shape index (κ2) is 9.75. The van der Waals surface area contributed by atoms with E-state index < -0.39 is 9.84 Å². The smallest absolute Gasteiger partial charge is 0.147 e. The minimum atomic E-state index is -2.82. The van der Waals surface area contributed by atoms with Gasteiger partial charge in [0.25, 0.3) is 0 Å². The molecule has 0 aliphatic rings. The number of ether oxygens (including phenoxy) is 1. The summed E-state index contributed by atoms with van der Waals surface area (Å²) in [5, 5.41) is 3.36. The summed E-state index contributed by atoms with van der Waals surface area (Å²) in [6.45, 7) is 6.94. The summed E-state index contributed by atoms with van der Waals surface area (Å²) >= 11 is 0. The molecule has 1 unspecified atom stereocenters. The van der Waals surface area contributed by atoms with Crippen molar-refractivity contribution in [3.8, 4) is 0 Å². The van der Waals surface area contributed by atoms with Gasteiger partial charge in [-0.25, -0.2) is 8.42 Å². The molecule has 0 aliphatic heterocycles. The first kappa shape index (κ1) is 17.9. The fourth-order valence-corrected chi connectivity index (χ4v) is 2.78. The Balaban J connectivity index is 3.91. The molecule has 0 aromatic carbocycles. The van der Waals surface area contributed by atoms with Gasteiger partial charge in [0.05, 0.1) is 6.61 Å². The molecule has 4 nitrogen and oxygen atoms in total. The molecule has 1 N–H and O–H groups in total. The lowest BCUT2D eigenvalue weighted by atomic mass is 9.93. The summed E-state index contributed by atoms with van der Waals surface area (Å²) < 4.78 is 27.2. The molecule has 0 heterocycles. The Bertz CT molecular complexity index is 289. The maximum Gasteiger partial charge on any atom is 0.147 e. The van der Waals surface area contributed by atoms with Crippen molar-refractivity contribution in [3.05, 3.63) is 0 Å². The van der Waals surface area contributed by atoms with Crippen molar-refractivity contribution in [2.45, 2.75) is 33.1 Å². The van der Waals surface area contributed by atoms with E-state index in [-0.39, 0.29) is 0 Å². The topological polar surface area (TPSA) is 55.4 Å². The fourth-order valence-electron chi connectivity index (χ4n) is 2.08. The van der Waals surface area contributed by atoms with Gasteiger partial charge in [-0.2, -0.15) is 0 Å². The van der Waals surface area contributed by atoms with E-state index in [0.29, 0.717) is 17.6 Å². The highest BCUT2D eigenvalue weighted by molar-refractivity contribution is 7.90. The molecule has 5 heteroatoms. The first-order chi connectivity index (χ1) is 8.35. The average Bonchev–Trinajstić information content (AvgIpc) is 2.21. The molecule has 0 rings (SSSR count). The van der Waals surface area contributed by atoms with Gasteiger partial charge in [-0.1, -0.05) is 13.8 Å². The lowest BCUT2D eigenvalue weighted by Gasteiger charge is -2.19. The largest absolute Gasteiger partial charge is 0.383 e. The van der Waals surface area contributed by atoms with Crippen LogP contribution in [-0.2, 0) is 14.6 Å². The average molecular weight is 279 g/mol. The second-order valence-electron chi connectivity index (χ2n) is 5.46. The third-order valence-corrected chi connectivity index (χ3v) is 3.88. The van der Waals surface area contributed by atoms with Crippen molar-refractivity contribution < 1.29 is 13.2 Å². The Labute approximate surface area is 112 Å². The summed E-state index contributed by atoms with van der Waals surface area (Å²) in [7, 11) is -1.12. The quantitative estimate of drug-likeness (QED) is 0.585. The predicted molar refractivity (Wildman–Crippen MR) is 76.6 cm³/mol. The van der Waals surface area contributed by atoms with Crippen molar-refractivity contribution in [2.24, 2.45) is 11.8 Å². The van der Waals surface area contributed by atoms with Crippen LogP contribution in [0.4, 0.5) is 0 Å². The van der Waals surface area contributed by atoms with Crippen LogP contribution in [0.1, 0.15) is 33.1 Å². The summed E-state index contributed by atoms with van der Waals surface area (Å²) in [4.78, 5) is 0. The molecule has 0 aromatic heterocycles. The number of rotatable bonds is 11. The molecule has 18 heavy (non-hydrogen) atoms. The predicted octanol–water partition coefficient (Wildman–Crippen LogP) is 1.71. The molecule has 1 atom stereocenters. The molecular weight excluding hydrogens is 250 g/mol. The number of nitrogens with one attached hydrogen (secondary N) is 1. The van der Waals surface area contributed by atoms with E-state index in [4.69, 9.17) is 4.74 Å². The number of hydrogen-bond donors (Lipinski definition) is 1. The molecule has 0 amide bonds. The zero-order valence-electron chi connectivity index (χ0n) is 12.2. The van der Waals surface area contributed by atoms with Crippen LogP contribution < -0.4 is 5.32 Å². The number of methoxy groups -OCH3 is 1. The minimum absolute atomic E-state index is 0.305. The normalized spacial score (nSPS) is 14.1. The highest BCUT2D eigenvalue weighted by Gasteiger charge is 2.12. The molecule has 0 saturated heterocycles. The van der Waals surface area contributed by atoms with Crippen LogP contribution in [0.2, 0.25) is 0 Å². The van der Waals surface area contributed by atoms with E-state index in [1.807, 2.05) is 0 Å². The number of sulfone groups is 1. The zero-order valence-corrected chi connectivity index (χ0v) is 13.1. The van der Waals surface area contributed by atoms with Gasteiger partial charge in [0, 0.05) is 25.7 Å².